The maximum Gasteiger partial charge on any atom is 0.263 e. The van der Waals surface area contributed by atoms with Gasteiger partial charge in [0.2, 0.25) is 5.91 Å². The third-order valence-corrected chi connectivity index (χ3v) is 6.52. The Bertz CT molecular complexity index is 1110. The van der Waals surface area contributed by atoms with Gasteiger partial charge in [-0.2, -0.15) is 0 Å². The Balaban J connectivity index is 1.93. The van der Waals surface area contributed by atoms with Gasteiger partial charge in [0.05, 0.1) is 5.39 Å². The van der Waals surface area contributed by atoms with Crippen LogP contribution in [-0.2, 0) is 24.1 Å². The lowest BCUT2D eigenvalue weighted by Gasteiger charge is -2.18. The van der Waals surface area contributed by atoms with E-state index in [0.717, 1.165) is 35.2 Å². The largest absolute Gasteiger partial charge is 0.368 e. The predicted molar refractivity (Wildman–Crippen MR) is 114 cm³/mol. The molecule has 1 aliphatic rings. The maximum atomic E-state index is 13.4. The van der Waals surface area contributed by atoms with E-state index < -0.39 is 11.9 Å². The minimum atomic E-state index is -0.720. The number of rotatable bonds is 5. The molecular formula is C22H25N3O2S. The minimum Gasteiger partial charge on any atom is -0.368 e. The molecule has 0 spiro atoms. The number of carbonyl (C=O) groups is 1. The monoisotopic (exact) mass is 395 g/mol. The van der Waals surface area contributed by atoms with Crippen LogP contribution in [-0.4, -0.2) is 15.5 Å². The number of aryl methyl sites for hydroxylation is 3. The number of hydrogen-bond acceptors (Lipinski definition) is 4. The summed E-state index contributed by atoms with van der Waals surface area (Å²) in [5, 5.41) is 2.60. The van der Waals surface area contributed by atoms with Crippen molar-refractivity contribution in [3.63, 3.8) is 0 Å². The second-order valence-electron chi connectivity index (χ2n) is 7.55. The highest BCUT2D eigenvalue weighted by Gasteiger charge is 2.22. The Morgan fingerprint density at radius 1 is 1.29 bits per heavy atom. The molecule has 2 aromatic heterocycles. The van der Waals surface area contributed by atoms with Crippen LogP contribution < -0.4 is 11.3 Å². The molecule has 0 aliphatic heterocycles. The molecule has 0 saturated carbocycles. The molecule has 2 heterocycles. The summed E-state index contributed by atoms with van der Waals surface area (Å²) in [6.45, 7) is 3.70. The van der Waals surface area contributed by atoms with Crippen LogP contribution in [0.15, 0.2) is 28.4 Å². The molecule has 1 aromatic carbocycles. The highest BCUT2D eigenvalue weighted by atomic mass is 32.1. The van der Waals surface area contributed by atoms with Crippen LogP contribution in [0.3, 0.4) is 0 Å². The molecule has 4 rings (SSSR count). The number of amides is 1. The smallest absolute Gasteiger partial charge is 0.263 e. The second-order valence-corrected chi connectivity index (χ2v) is 8.41. The Morgan fingerprint density at radius 3 is 2.75 bits per heavy atom. The van der Waals surface area contributed by atoms with Crippen molar-refractivity contribution < 1.29 is 4.79 Å². The Labute approximate surface area is 168 Å². The van der Waals surface area contributed by atoms with Gasteiger partial charge in [-0.1, -0.05) is 25.1 Å². The normalized spacial score (nSPS) is 14.8. The molecule has 3 aromatic rings. The average molecular weight is 396 g/mol. The summed E-state index contributed by atoms with van der Waals surface area (Å²) in [7, 11) is 0. The van der Waals surface area contributed by atoms with Crippen LogP contribution in [0, 0.1) is 0 Å². The zero-order valence-corrected chi connectivity index (χ0v) is 17.1. The van der Waals surface area contributed by atoms with Crippen molar-refractivity contribution in [1.82, 2.24) is 9.55 Å². The zero-order chi connectivity index (χ0) is 19.8. The number of hydrogen-bond donors (Lipinski definition) is 1. The van der Waals surface area contributed by atoms with E-state index in [1.54, 1.807) is 6.92 Å². The molecule has 0 saturated heterocycles. The highest BCUT2D eigenvalue weighted by molar-refractivity contribution is 7.17. The van der Waals surface area contributed by atoms with Crippen molar-refractivity contribution in [2.24, 2.45) is 5.73 Å². The van der Waals surface area contributed by atoms with Gasteiger partial charge in [0.1, 0.15) is 16.7 Å². The van der Waals surface area contributed by atoms with E-state index in [1.165, 1.54) is 39.9 Å². The molecule has 1 atom stereocenters. The van der Waals surface area contributed by atoms with E-state index in [4.69, 9.17) is 10.7 Å². The number of carbonyl (C=O) groups excluding carboxylic acids is 1. The molecule has 0 radical (unpaired) electrons. The number of thiophene rings is 1. The van der Waals surface area contributed by atoms with Crippen LogP contribution in [0.4, 0.5) is 0 Å². The van der Waals surface area contributed by atoms with Gasteiger partial charge in [0, 0.05) is 17.4 Å². The third-order valence-electron chi connectivity index (χ3n) is 5.65. The Morgan fingerprint density at radius 2 is 2.04 bits per heavy atom. The zero-order valence-electron chi connectivity index (χ0n) is 16.3. The van der Waals surface area contributed by atoms with Crippen molar-refractivity contribution in [3.8, 4) is 11.1 Å². The number of aromatic nitrogens is 2. The van der Waals surface area contributed by atoms with E-state index in [9.17, 15) is 9.59 Å². The molecule has 0 bridgehead atoms. The fourth-order valence-electron chi connectivity index (χ4n) is 4.09. The molecule has 28 heavy (non-hydrogen) atoms. The highest BCUT2D eigenvalue weighted by Crippen LogP contribution is 2.34. The Hall–Kier alpha value is -2.47. The number of primary amides is 1. The second kappa shape index (κ2) is 7.51. The standard InChI is InChI=1S/C22H25N3O2S/c1-3-6-18-24-21-19(22(27)25(18)13(2)20(23)26)17(12-28-21)16-10-9-14-7-4-5-8-15(14)11-16/h9-13H,3-8H2,1-2H3,(H2,23,26). The molecule has 0 fully saturated rings. The summed E-state index contributed by atoms with van der Waals surface area (Å²) < 4.78 is 1.49. The number of nitrogens with zero attached hydrogens (tertiary/aromatic N) is 2. The summed E-state index contributed by atoms with van der Waals surface area (Å²) in [5.41, 5.74) is 10.1. The first-order valence-corrected chi connectivity index (χ1v) is 10.8. The fraction of sp³-hybridized carbons (Fsp3) is 0.409. The summed E-state index contributed by atoms with van der Waals surface area (Å²) in [6, 6.07) is 5.79. The number of fused-ring (bicyclic) bond motifs is 2. The van der Waals surface area contributed by atoms with E-state index in [1.807, 2.05) is 12.3 Å². The lowest BCUT2D eigenvalue weighted by Crippen LogP contribution is -2.35. The molecule has 2 N–H and O–H groups in total. The van der Waals surface area contributed by atoms with Crippen molar-refractivity contribution in [2.45, 2.75) is 58.4 Å². The number of benzene rings is 1. The van der Waals surface area contributed by atoms with Gasteiger partial charge in [-0.15, -0.1) is 11.3 Å². The van der Waals surface area contributed by atoms with Gasteiger partial charge < -0.3 is 5.73 Å². The van der Waals surface area contributed by atoms with Gasteiger partial charge in [-0.25, -0.2) is 4.98 Å². The molecular weight excluding hydrogens is 370 g/mol. The lowest BCUT2D eigenvalue weighted by atomic mass is 9.89. The first kappa shape index (κ1) is 18.9. The minimum absolute atomic E-state index is 0.172. The SMILES string of the molecule is CCCc1nc2scc(-c3ccc4c(c3)CCCC4)c2c(=O)n1C(C)C(N)=O. The quantitative estimate of drug-likeness (QED) is 0.709. The summed E-state index contributed by atoms with van der Waals surface area (Å²) in [5.74, 6) is 0.108. The molecule has 6 heteroatoms. The first-order chi connectivity index (χ1) is 13.5. The average Bonchev–Trinajstić information content (AvgIpc) is 3.12. The fourth-order valence-corrected chi connectivity index (χ4v) is 5.04. The van der Waals surface area contributed by atoms with Crippen molar-refractivity contribution >= 4 is 27.5 Å². The van der Waals surface area contributed by atoms with Crippen molar-refractivity contribution in [3.05, 3.63) is 50.9 Å². The van der Waals surface area contributed by atoms with Gasteiger partial charge in [0.15, 0.2) is 0 Å². The summed E-state index contributed by atoms with van der Waals surface area (Å²) in [4.78, 5) is 30.7. The molecule has 1 unspecified atom stereocenters. The van der Waals surface area contributed by atoms with Crippen molar-refractivity contribution in [1.29, 1.82) is 0 Å². The van der Waals surface area contributed by atoms with Crippen LogP contribution >= 0.6 is 11.3 Å². The van der Waals surface area contributed by atoms with Crippen LogP contribution in [0.1, 0.15) is 56.1 Å². The van der Waals surface area contributed by atoms with Crippen molar-refractivity contribution in [2.75, 3.05) is 0 Å². The third kappa shape index (κ3) is 3.15. The van der Waals surface area contributed by atoms with E-state index in [0.29, 0.717) is 17.6 Å². The van der Waals surface area contributed by atoms with E-state index in [-0.39, 0.29) is 5.56 Å². The lowest BCUT2D eigenvalue weighted by molar-refractivity contribution is -0.120. The molecule has 1 amide bonds. The topological polar surface area (TPSA) is 78.0 Å². The first-order valence-electron chi connectivity index (χ1n) is 9.95. The van der Waals surface area contributed by atoms with Crippen LogP contribution in [0.25, 0.3) is 21.3 Å². The number of nitrogens with two attached hydrogens (primary N) is 1. The summed E-state index contributed by atoms with van der Waals surface area (Å²) in [6.07, 6.45) is 6.15. The maximum absolute atomic E-state index is 13.4. The summed E-state index contributed by atoms with van der Waals surface area (Å²) >= 11 is 1.49. The van der Waals surface area contributed by atoms with Crippen LogP contribution in [0.5, 0.6) is 0 Å². The molecule has 146 valence electrons. The Kier molecular flexibility index (Phi) is 5.06. The van der Waals surface area contributed by atoms with Gasteiger partial charge in [-0.3, -0.25) is 14.2 Å². The molecule has 1 aliphatic carbocycles. The van der Waals surface area contributed by atoms with Gasteiger partial charge >= 0.3 is 0 Å². The molecule has 5 nitrogen and oxygen atoms in total. The van der Waals surface area contributed by atoms with E-state index in [2.05, 4.69) is 18.2 Å². The van der Waals surface area contributed by atoms with Crippen LogP contribution in [0.2, 0.25) is 0 Å². The van der Waals surface area contributed by atoms with E-state index >= 15 is 0 Å². The predicted octanol–water partition coefficient (Wildman–Crippen LogP) is 4.00. The van der Waals surface area contributed by atoms with Gasteiger partial charge in [-0.05, 0) is 55.7 Å². The van der Waals surface area contributed by atoms with Gasteiger partial charge in [0.25, 0.3) is 5.56 Å².